The van der Waals surface area contributed by atoms with Crippen LogP contribution >= 0.6 is 12.4 Å². The minimum absolute atomic E-state index is 0. The summed E-state index contributed by atoms with van der Waals surface area (Å²) in [5.41, 5.74) is 5.76. The maximum atomic E-state index is 12.2. The van der Waals surface area contributed by atoms with Crippen LogP contribution in [0.3, 0.4) is 0 Å². The van der Waals surface area contributed by atoms with Crippen molar-refractivity contribution in [3.05, 3.63) is 0 Å². The van der Waals surface area contributed by atoms with Crippen LogP contribution in [0.15, 0.2) is 0 Å². The summed E-state index contributed by atoms with van der Waals surface area (Å²) >= 11 is 0. The molecule has 6 heteroatoms. The van der Waals surface area contributed by atoms with Gasteiger partial charge in [-0.05, 0) is 26.2 Å². The van der Waals surface area contributed by atoms with Crippen LogP contribution in [0.5, 0.6) is 0 Å². The maximum Gasteiger partial charge on any atom is 0.222 e. The highest BCUT2D eigenvalue weighted by atomic mass is 35.5. The number of rotatable bonds is 7. The second-order valence-electron chi connectivity index (χ2n) is 6.39. The van der Waals surface area contributed by atoms with Gasteiger partial charge in [0.1, 0.15) is 0 Å². The summed E-state index contributed by atoms with van der Waals surface area (Å²) in [5, 5.41) is 3.21. The second kappa shape index (κ2) is 9.06. The molecule has 2 rings (SSSR count). The molecule has 0 heterocycles. The van der Waals surface area contributed by atoms with Gasteiger partial charge in [-0.25, -0.2) is 0 Å². The van der Waals surface area contributed by atoms with Crippen molar-refractivity contribution in [1.29, 1.82) is 0 Å². The van der Waals surface area contributed by atoms with Gasteiger partial charge in [-0.3, -0.25) is 4.79 Å². The zero-order valence-electron chi connectivity index (χ0n) is 13.8. The molecule has 0 radical (unpaired) electrons. The predicted molar refractivity (Wildman–Crippen MR) is 89.2 cm³/mol. The first kappa shape index (κ1) is 19.7. The van der Waals surface area contributed by atoms with Crippen molar-refractivity contribution in [1.82, 2.24) is 5.32 Å². The number of nitrogens with one attached hydrogen (secondary N) is 1. The van der Waals surface area contributed by atoms with E-state index >= 15 is 0 Å². The molecular weight excluding hydrogens is 304 g/mol. The number of nitrogens with two attached hydrogens (primary N) is 1. The van der Waals surface area contributed by atoms with Crippen LogP contribution in [-0.4, -0.2) is 44.4 Å². The van der Waals surface area contributed by atoms with Crippen molar-refractivity contribution in [2.24, 2.45) is 11.1 Å². The normalized spacial score (nSPS) is 27.6. The fourth-order valence-corrected chi connectivity index (χ4v) is 3.99. The van der Waals surface area contributed by atoms with Crippen molar-refractivity contribution in [3.8, 4) is 0 Å². The molecule has 1 spiro atoms. The van der Waals surface area contributed by atoms with Gasteiger partial charge < -0.3 is 20.5 Å². The van der Waals surface area contributed by atoms with E-state index < -0.39 is 0 Å². The Kier molecular flexibility index (Phi) is 8.11. The Bertz CT molecular complexity index is 344. The lowest BCUT2D eigenvalue weighted by Crippen LogP contribution is -2.65. The molecular formula is C16H31ClN2O3. The van der Waals surface area contributed by atoms with Crippen LogP contribution in [0.1, 0.15) is 51.9 Å². The molecule has 0 aromatic rings. The minimum Gasteiger partial charge on any atom is -0.380 e. The molecule has 0 aromatic carbocycles. The lowest BCUT2D eigenvalue weighted by atomic mass is 9.55. The largest absolute Gasteiger partial charge is 0.380 e. The third-order valence-electron chi connectivity index (χ3n) is 5.28. The Morgan fingerprint density at radius 2 is 2.05 bits per heavy atom. The number of amides is 1. The van der Waals surface area contributed by atoms with Crippen molar-refractivity contribution < 1.29 is 14.3 Å². The van der Waals surface area contributed by atoms with Crippen LogP contribution in [0.25, 0.3) is 0 Å². The molecule has 2 aliphatic rings. The molecule has 3 atom stereocenters. The van der Waals surface area contributed by atoms with Gasteiger partial charge >= 0.3 is 0 Å². The summed E-state index contributed by atoms with van der Waals surface area (Å²) in [6.45, 7) is 3.18. The van der Waals surface area contributed by atoms with E-state index in [4.69, 9.17) is 15.2 Å². The van der Waals surface area contributed by atoms with Gasteiger partial charge in [0.05, 0.1) is 18.6 Å². The van der Waals surface area contributed by atoms with E-state index in [0.717, 1.165) is 13.0 Å². The average molecular weight is 335 g/mol. The predicted octanol–water partition coefficient (Wildman–Crippen LogP) is 2.02. The quantitative estimate of drug-likeness (QED) is 0.747. The van der Waals surface area contributed by atoms with E-state index in [1.54, 1.807) is 7.11 Å². The first-order valence-electron chi connectivity index (χ1n) is 8.30. The monoisotopic (exact) mass is 334 g/mol. The van der Waals surface area contributed by atoms with Crippen LogP contribution < -0.4 is 11.1 Å². The van der Waals surface area contributed by atoms with E-state index in [-0.39, 0.29) is 35.9 Å². The first-order valence-corrected chi connectivity index (χ1v) is 8.30. The van der Waals surface area contributed by atoms with E-state index in [9.17, 15) is 4.79 Å². The van der Waals surface area contributed by atoms with Gasteiger partial charge in [-0.15, -0.1) is 12.4 Å². The average Bonchev–Trinajstić information content (AvgIpc) is 2.52. The summed E-state index contributed by atoms with van der Waals surface area (Å²) in [7, 11) is 1.60. The number of carbonyl (C=O) groups is 1. The summed E-state index contributed by atoms with van der Waals surface area (Å²) < 4.78 is 11.1. The van der Waals surface area contributed by atoms with E-state index in [2.05, 4.69) is 5.32 Å². The molecule has 0 aromatic heterocycles. The molecule has 22 heavy (non-hydrogen) atoms. The molecule has 3 unspecified atom stereocenters. The third-order valence-corrected chi connectivity index (χ3v) is 5.28. The van der Waals surface area contributed by atoms with Gasteiger partial charge in [0, 0.05) is 31.7 Å². The third kappa shape index (κ3) is 4.13. The van der Waals surface area contributed by atoms with E-state index in [0.29, 0.717) is 19.1 Å². The zero-order chi connectivity index (χ0) is 15.3. The first-order chi connectivity index (χ1) is 10.2. The van der Waals surface area contributed by atoms with Crippen LogP contribution in [0.4, 0.5) is 0 Å². The molecule has 5 nitrogen and oxygen atoms in total. The summed E-state index contributed by atoms with van der Waals surface area (Å²) in [6, 6.07) is 0.261. The Morgan fingerprint density at radius 3 is 2.59 bits per heavy atom. The number of methoxy groups -OCH3 is 1. The van der Waals surface area contributed by atoms with Crippen molar-refractivity contribution in [2.45, 2.75) is 70.1 Å². The zero-order valence-corrected chi connectivity index (χ0v) is 14.6. The fraction of sp³-hybridized carbons (Fsp3) is 0.938. The second-order valence-corrected chi connectivity index (χ2v) is 6.39. The highest BCUT2D eigenvalue weighted by Gasteiger charge is 2.56. The van der Waals surface area contributed by atoms with Crippen molar-refractivity contribution >= 4 is 18.3 Å². The molecule has 0 bridgehead atoms. The fourth-order valence-electron chi connectivity index (χ4n) is 3.99. The van der Waals surface area contributed by atoms with Crippen molar-refractivity contribution in [3.63, 3.8) is 0 Å². The van der Waals surface area contributed by atoms with E-state index in [1.807, 2.05) is 6.92 Å². The van der Waals surface area contributed by atoms with Gasteiger partial charge in [-0.1, -0.05) is 19.3 Å². The summed E-state index contributed by atoms with van der Waals surface area (Å²) in [5.74, 6) is 0.0530. The number of hydrogen-bond acceptors (Lipinski definition) is 4. The molecule has 1 amide bonds. The van der Waals surface area contributed by atoms with Gasteiger partial charge in [0.15, 0.2) is 0 Å². The maximum absolute atomic E-state index is 12.2. The summed E-state index contributed by atoms with van der Waals surface area (Å²) in [4.78, 5) is 12.2. The van der Waals surface area contributed by atoms with Crippen LogP contribution in [0.2, 0.25) is 0 Å². The molecule has 0 aliphatic heterocycles. The molecule has 2 aliphatic carbocycles. The van der Waals surface area contributed by atoms with Crippen molar-refractivity contribution in [2.75, 3.05) is 20.3 Å². The molecule has 3 N–H and O–H groups in total. The Balaban J connectivity index is 0.00000242. The Hall–Kier alpha value is -0.360. The number of hydrogen-bond donors (Lipinski definition) is 2. The lowest BCUT2D eigenvalue weighted by Gasteiger charge is -2.57. The number of ether oxygens (including phenoxy) is 2. The van der Waals surface area contributed by atoms with Crippen LogP contribution in [-0.2, 0) is 14.3 Å². The number of halogens is 1. The standard InChI is InChI=1S/C16H30N2O3.ClH/c1-3-21-14-10-13(16(14)7-5-4-6-8-16)18-15(19)9-12(11-17)20-2;/h12-14H,3-11,17H2,1-2H3,(H,18,19);1H. The molecule has 0 saturated heterocycles. The Morgan fingerprint density at radius 1 is 1.36 bits per heavy atom. The highest BCUT2D eigenvalue weighted by Crippen LogP contribution is 2.53. The molecule has 2 saturated carbocycles. The van der Waals surface area contributed by atoms with Gasteiger partial charge in [0.2, 0.25) is 5.91 Å². The molecule has 2 fully saturated rings. The van der Waals surface area contributed by atoms with Gasteiger partial charge in [-0.2, -0.15) is 0 Å². The van der Waals surface area contributed by atoms with E-state index in [1.165, 1.54) is 32.1 Å². The molecule has 130 valence electrons. The SMILES string of the molecule is CCOC1CC(NC(=O)CC(CN)OC)C12CCCCC2.Cl. The van der Waals surface area contributed by atoms with Crippen LogP contribution in [0, 0.1) is 5.41 Å². The Labute approximate surface area is 140 Å². The summed E-state index contributed by atoms with van der Waals surface area (Å²) in [6.07, 6.45) is 7.58. The lowest BCUT2D eigenvalue weighted by molar-refractivity contribution is -0.157. The number of carbonyl (C=O) groups excluding carboxylic acids is 1. The highest BCUT2D eigenvalue weighted by molar-refractivity contribution is 5.85. The topological polar surface area (TPSA) is 73.6 Å². The smallest absolute Gasteiger partial charge is 0.222 e. The van der Waals surface area contributed by atoms with Gasteiger partial charge in [0.25, 0.3) is 0 Å². The minimum atomic E-state index is -0.185.